The highest BCUT2D eigenvalue weighted by Gasteiger charge is 2.31. The number of carbonyl (C=O) groups excluding carboxylic acids is 1. The second-order valence-corrected chi connectivity index (χ2v) is 4.36. The van der Waals surface area contributed by atoms with Gasteiger partial charge in [-0.1, -0.05) is 24.3 Å². The minimum absolute atomic E-state index is 0.0220. The van der Waals surface area contributed by atoms with E-state index in [4.69, 9.17) is 5.11 Å². The summed E-state index contributed by atoms with van der Waals surface area (Å²) in [5.41, 5.74) is 2.27. The van der Waals surface area contributed by atoms with Crippen molar-refractivity contribution < 1.29 is 9.90 Å². The van der Waals surface area contributed by atoms with Crippen LogP contribution < -0.4 is 10.6 Å². The number of rotatable bonds is 3. The molecule has 1 aliphatic heterocycles. The number of nitrogens with one attached hydrogen (secondary N) is 2. The number of fused-ring (bicyclic) bond motifs is 1. The molecule has 4 nitrogen and oxygen atoms in total. The molecule has 3 N–H and O–H groups in total. The molecule has 1 amide bonds. The molecule has 1 aromatic carbocycles. The normalized spacial score (nSPS) is 22.9. The smallest absolute Gasteiger partial charge is 0.229 e. The van der Waals surface area contributed by atoms with Crippen molar-refractivity contribution in [3.63, 3.8) is 0 Å². The highest BCUT2D eigenvalue weighted by Crippen LogP contribution is 2.27. The molecule has 0 aromatic heterocycles. The van der Waals surface area contributed by atoms with Crippen LogP contribution in [0.2, 0.25) is 0 Å². The molecule has 0 aliphatic carbocycles. The summed E-state index contributed by atoms with van der Waals surface area (Å²) in [6.07, 6.45) is 0. The number of amides is 1. The standard InChI is InChI=1S/C13H18N2O2/c1-9-12(13(17)14-6-7-16)11-5-3-2-4-10(11)8-15-9/h2-5,9,12,15-16H,6-8H2,1H3,(H,14,17). The first-order valence-electron chi connectivity index (χ1n) is 5.94. The van der Waals surface area contributed by atoms with Crippen molar-refractivity contribution in [3.8, 4) is 0 Å². The molecular weight excluding hydrogens is 216 g/mol. The Balaban J connectivity index is 2.23. The molecule has 2 unspecified atom stereocenters. The Labute approximate surface area is 101 Å². The molecular formula is C13H18N2O2. The molecule has 0 saturated carbocycles. The first-order valence-corrected chi connectivity index (χ1v) is 5.94. The van der Waals surface area contributed by atoms with Crippen molar-refractivity contribution >= 4 is 5.91 Å². The van der Waals surface area contributed by atoms with E-state index in [9.17, 15) is 4.79 Å². The summed E-state index contributed by atoms with van der Waals surface area (Å²) in [4.78, 5) is 12.1. The fraction of sp³-hybridized carbons (Fsp3) is 0.462. The monoisotopic (exact) mass is 234 g/mol. The fourth-order valence-electron chi connectivity index (χ4n) is 2.31. The topological polar surface area (TPSA) is 61.4 Å². The van der Waals surface area contributed by atoms with E-state index in [1.54, 1.807) is 0 Å². The van der Waals surface area contributed by atoms with E-state index < -0.39 is 0 Å². The van der Waals surface area contributed by atoms with Crippen LogP contribution in [0.3, 0.4) is 0 Å². The number of carbonyl (C=O) groups is 1. The maximum atomic E-state index is 12.1. The number of benzene rings is 1. The third-order valence-corrected chi connectivity index (χ3v) is 3.20. The van der Waals surface area contributed by atoms with Crippen molar-refractivity contribution in [3.05, 3.63) is 35.4 Å². The minimum Gasteiger partial charge on any atom is -0.395 e. The molecule has 92 valence electrons. The maximum Gasteiger partial charge on any atom is 0.229 e. The predicted molar refractivity (Wildman–Crippen MR) is 65.6 cm³/mol. The van der Waals surface area contributed by atoms with Crippen molar-refractivity contribution in [2.45, 2.75) is 25.4 Å². The lowest BCUT2D eigenvalue weighted by atomic mass is 9.85. The molecule has 2 rings (SSSR count). The molecule has 1 heterocycles. The summed E-state index contributed by atoms with van der Waals surface area (Å²) in [5, 5.41) is 14.8. The van der Waals surface area contributed by atoms with Crippen LogP contribution in [-0.2, 0) is 11.3 Å². The van der Waals surface area contributed by atoms with E-state index in [2.05, 4.69) is 10.6 Å². The SMILES string of the molecule is CC1NCc2ccccc2C1C(=O)NCCO. The van der Waals surface area contributed by atoms with E-state index in [1.165, 1.54) is 5.56 Å². The van der Waals surface area contributed by atoms with Gasteiger partial charge < -0.3 is 15.7 Å². The Morgan fingerprint density at radius 2 is 2.29 bits per heavy atom. The van der Waals surface area contributed by atoms with Crippen LogP contribution in [0.4, 0.5) is 0 Å². The van der Waals surface area contributed by atoms with E-state index in [-0.39, 0.29) is 24.5 Å². The van der Waals surface area contributed by atoms with Gasteiger partial charge in [-0.25, -0.2) is 0 Å². The molecule has 2 atom stereocenters. The predicted octanol–water partition coefficient (Wildman–Crippen LogP) is 0.370. The van der Waals surface area contributed by atoms with Gasteiger partial charge in [0, 0.05) is 19.1 Å². The first-order chi connectivity index (χ1) is 8.24. The summed E-state index contributed by atoms with van der Waals surface area (Å²) in [6, 6.07) is 8.11. The lowest BCUT2D eigenvalue weighted by molar-refractivity contribution is -0.123. The van der Waals surface area contributed by atoms with Gasteiger partial charge in [0.2, 0.25) is 5.91 Å². The van der Waals surface area contributed by atoms with E-state index in [1.807, 2.05) is 31.2 Å². The Morgan fingerprint density at radius 1 is 1.53 bits per heavy atom. The summed E-state index contributed by atoms with van der Waals surface area (Å²) < 4.78 is 0. The molecule has 1 aromatic rings. The van der Waals surface area contributed by atoms with Crippen molar-refractivity contribution in [1.29, 1.82) is 0 Å². The van der Waals surface area contributed by atoms with Gasteiger partial charge in [-0.05, 0) is 18.1 Å². The quantitative estimate of drug-likeness (QED) is 0.708. The Bertz CT molecular complexity index is 406. The summed E-state index contributed by atoms with van der Waals surface area (Å²) in [6.45, 7) is 3.10. The van der Waals surface area contributed by atoms with Gasteiger partial charge in [-0.3, -0.25) is 4.79 Å². The van der Waals surface area contributed by atoms with Crippen LogP contribution in [0.1, 0.15) is 24.0 Å². The number of hydrogen-bond acceptors (Lipinski definition) is 3. The third kappa shape index (κ3) is 2.48. The van der Waals surface area contributed by atoms with Gasteiger partial charge in [-0.2, -0.15) is 0 Å². The van der Waals surface area contributed by atoms with Crippen LogP contribution in [0.5, 0.6) is 0 Å². The second kappa shape index (κ2) is 5.29. The van der Waals surface area contributed by atoms with Crippen molar-refractivity contribution in [2.24, 2.45) is 0 Å². The summed E-state index contributed by atoms with van der Waals surface area (Å²) in [5.74, 6) is -0.197. The lowest BCUT2D eigenvalue weighted by Crippen LogP contribution is -2.45. The van der Waals surface area contributed by atoms with Gasteiger partial charge in [0.25, 0.3) is 0 Å². The van der Waals surface area contributed by atoms with E-state index in [0.717, 1.165) is 12.1 Å². The maximum absolute atomic E-state index is 12.1. The van der Waals surface area contributed by atoms with E-state index in [0.29, 0.717) is 6.54 Å². The van der Waals surface area contributed by atoms with E-state index >= 15 is 0 Å². The largest absolute Gasteiger partial charge is 0.395 e. The van der Waals surface area contributed by atoms with Gasteiger partial charge in [0.1, 0.15) is 0 Å². The molecule has 1 aliphatic rings. The molecule has 0 saturated heterocycles. The van der Waals surface area contributed by atoms with Crippen molar-refractivity contribution in [1.82, 2.24) is 10.6 Å². The lowest BCUT2D eigenvalue weighted by Gasteiger charge is -2.31. The Morgan fingerprint density at radius 3 is 3.06 bits per heavy atom. The fourth-order valence-corrected chi connectivity index (χ4v) is 2.31. The molecule has 4 heteroatoms. The molecule has 0 fully saturated rings. The van der Waals surface area contributed by atoms with Crippen LogP contribution in [0.25, 0.3) is 0 Å². The van der Waals surface area contributed by atoms with Gasteiger partial charge in [0.15, 0.2) is 0 Å². The average Bonchev–Trinajstić information content (AvgIpc) is 2.35. The van der Waals surface area contributed by atoms with Gasteiger partial charge in [0.05, 0.1) is 12.5 Å². The van der Waals surface area contributed by atoms with Crippen LogP contribution in [0.15, 0.2) is 24.3 Å². The average molecular weight is 234 g/mol. The number of aliphatic hydroxyl groups is 1. The van der Waals surface area contributed by atoms with Crippen LogP contribution >= 0.6 is 0 Å². The second-order valence-electron chi connectivity index (χ2n) is 4.36. The molecule has 0 radical (unpaired) electrons. The highest BCUT2D eigenvalue weighted by molar-refractivity contribution is 5.85. The Kier molecular flexibility index (Phi) is 3.76. The summed E-state index contributed by atoms with van der Waals surface area (Å²) in [7, 11) is 0. The molecule has 0 bridgehead atoms. The molecule has 17 heavy (non-hydrogen) atoms. The van der Waals surface area contributed by atoms with Gasteiger partial charge >= 0.3 is 0 Å². The zero-order valence-corrected chi connectivity index (χ0v) is 9.94. The zero-order valence-electron chi connectivity index (χ0n) is 9.94. The summed E-state index contributed by atoms with van der Waals surface area (Å²) >= 11 is 0. The van der Waals surface area contributed by atoms with Gasteiger partial charge in [-0.15, -0.1) is 0 Å². The highest BCUT2D eigenvalue weighted by atomic mass is 16.3. The number of hydrogen-bond donors (Lipinski definition) is 3. The third-order valence-electron chi connectivity index (χ3n) is 3.20. The Hall–Kier alpha value is -1.39. The van der Waals surface area contributed by atoms with Crippen LogP contribution in [-0.4, -0.2) is 30.2 Å². The van der Waals surface area contributed by atoms with Crippen molar-refractivity contribution in [2.75, 3.05) is 13.2 Å². The first kappa shape index (κ1) is 12.1. The molecule has 0 spiro atoms. The number of aliphatic hydroxyl groups excluding tert-OH is 1. The minimum atomic E-state index is -0.175. The van der Waals surface area contributed by atoms with Crippen LogP contribution in [0, 0.1) is 0 Å². The zero-order chi connectivity index (χ0) is 12.3.